The molecule has 1 aromatic heterocycles. The summed E-state index contributed by atoms with van der Waals surface area (Å²) in [5, 5.41) is 2.21. The van der Waals surface area contributed by atoms with Gasteiger partial charge in [-0.25, -0.2) is 0 Å². The average molecular weight is 317 g/mol. The summed E-state index contributed by atoms with van der Waals surface area (Å²) in [4.78, 5) is 0. The van der Waals surface area contributed by atoms with Gasteiger partial charge >= 0.3 is 0 Å². The second-order valence-corrected chi connectivity index (χ2v) is 7.31. The Morgan fingerprint density at radius 3 is 2.65 bits per heavy atom. The predicted molar refractivity (Wildman–Crippen MR) is 77.8 cm³/mol. The smallest absolute Gasteiger partial charge is 0.0701 e. The highest BCUT2D eigenvalue weighted by atomic mass is 79.9. The second kappa shape index (κ2) is 6.32. The largest absolute Gasteiger partial charge is 0.271 e. The summed E-state index contributed by atoms with van der Waals surface area (Å²) in [6.07, 6.45) is 6.68. The maximum atomic E-state index is 5.75. The monoisotopic (exact) mass is 316 g/mol. The maximum Gasteiger partial charge on any atom is 0.0701 e. The number of nitrogens with two attached hydrogens (primary N) is 1. The Kier molecular flexibility index (Phi) is 5.03. The Balaban J connectivity index is 2.00. The van der Waals surface area contributed by atoms with Gasteiger partial charge in [-0.05, 0) is 57.6 Å². The molecular weight excluding hydrogens is 296 g/mol. The van der Waals surface area contributed by atoms with E-state index in [4.69, 9.17) is 5.84 Å². The summed E-state index contributed by atoms with van der Waals surface area (Å²) < 4.78 is 1.19. The van der Waals surface area contributed by atoms with Crippen molar-refractivity contribution >= 4 is 27.3 Å². The van der Waals surface area contributed by atoms with Crippen LogP contribution in [-0.4, -0.2) is 0 Å². The van der Waals surface area contributed by atoms with Crippen LogP contribution in [0.1, 0.15) is 50.6 Å². The topological polar surface area (TPSA) is 38.0 Å². The summed E-state index contributed by atoms with van der Waals surface area (Å²) in [7, 11) is 0. The molecule has 0 amide bonds. The fourth-order valence-corrected chi connectivity index (χ4v) is 4.13. The summed E-state index contributed by atoms with van der Waals surface area (Å²) in [6, 6.07) is 2.52. The number of thiophene rings is 1. The van der Waals surface area contributed by atoms with E-state index in [1.807, 2.05) is 0 Å². The minimum Gasteiger partial charge on any atom is -0.271 e. The molecule has 1 atom stereocenters. The molecule has 2 rings (SSSR count). The van der Waals surface area contributed by atoms with Crippen molar-refractivity contribution in [3.8, 4) is 0 Å². The third-order valence-corrected chi connectivity index (χ3v) is 5.59. The number of hydrogen-bond acceptors (Lipinski definition) is 3. The molecule has 3 N–H and O–H groups in total. The van der Waals surface area contributed by atoms with Crippen molar-refractivity contribution in [1.82, 2.24) is 5.43 Å². The molecule has 1 unspecified atom stereocenters. The van der Waals surface area contributed by atoms with Crippen LogP contribution in [-0.2, 0) is 0 Å². The zero-order valence-corrected chi connectivity index (χ0v) is 12.7. The molecule has 1 aromatic rings. The lowest BCUT2D eigenvalue weighted by molar-refractivity contribution is 0.219. The SMILES string of the molecule is CCC1CCC(C(NN)c2csc(Br)c2)CC1. The van der Waals surface area contributed by atoms with Gasteiger partial charge in [-0.1, -0.05) is 26.2 Å². The van der Waals surface area contributed by atoms with E-state index in [0.29, 0.717) is 12.0 Å². The third-order valence-electron chi connectivity index (χ3n) is 4.07. The number of rotatable bonds is 4. The Labute approximate surface area is 116 Å². The third kappa shape index (κ3) is 3.31. The van der Waals surface area contributed by atoms with Crippen LogP contribution in [0.5, 0.6) is 0 Å². The Bertz CT molecular complexity index is 345. The molecule has 17 heavy (non-hydrogen) atoms. The fourth-order valence-electron chi connectivity index (χ4n) is 2.92. The molecule has 1 fully saturated rings. The summed E-state index contributed by atoms with van der Waals surface area (Å²) >= 11 is 5.26. The van der Waals surface area contributed by atoms with E-state index in [2.05, 4.69) is 39.7 Å². The standard InChI is InChI=1S/C13H21BrN2S/c1-2-9-3-5-10(6-4-9)13(16-15)11-7-12(14)17-8-11/h7-10,13,16H,2-6,15H2,1H3. The van der Waals surface area contributed by atoms with Gasteiger partial charge in [-0.3, -0.25) is 11.3 Å². The molecule has 96 valence electrons. The van der Waals surface area contributed by atoms with E-state index >= 15 is 0 Å². The van der Waals surface area contributed by atoms with E-state index in [1.165, 1.54) is 41.5 Å². The molecule has 0 radical (unpaired) electrons. The number of nitrogens with one attached hydrogen (secondary N) is 1. The van der Waals surface area contributed by atoms with Crippen LogP contribution in [0, 0.1) is 11.8 Å². The molecule has 0 aromatic carbocycles. The average Bonchev–Trinajstić information content (AvgIpc) is 2.78. The Morgan fingerprint density at radius 1 is 1.47 bits per heavy atom. The summed E-state index contributed by atoms with van der Waals surface area (Å²) in [5.41, 5.74) is 4.36. The fraction of sp³-hybridized carbons (Fsp3) is 0.692. The molecular formula is C13H21BrN2S. The quantitative estimate of drug-likeness (QED) is 0.644. The molecule has 0 saturated heterocycles. The van der Waals surface area contributed by atoms with E-state index in [1.54, 1.807) is 11.3 Å². The van der Waals surface area contributed by atoms with E-state index in [0.717, 1.165) is 5.92 Å². The lowest BCUT2D eigenvalue weighted by Gasteiger charge is -2.33. The highest BCUT2D eigenvalue weighted by molar-refractivity contribution is 9.11. The summed E-state index contributed by atoms with van der Waals surface area (Å²) in [6.45, 7) is 2.31. The predicted octanol–water partition coefficient (Wildman–Crippen LogP) is 4.23. The second-order valence-electron chi connectivity index (χ2n) is 5.02. The van der Waals surface area contributed by atoms with Crippen LogP contribution in [0.4, 0.5) is 0 Å². The van der Waals surface area contributed by atoms with Gasteiger partial charge in [0.25, 0.3) is 0 Å². The highest BCUT2D eigenvalue weighted by Gasteiger charge is 2.27. The zero-order valence-electron chi connectivity index (χ0n) is 10.3. The first-order valence-electron chi connectivity index (χ1n) is 6.44. The Hall–Kier alpha value is 0.100. The van der Waals surface area contributed by atoms with Crippen LogP contribution < -0.4 is 11.3 Å². The van der Waals surface area contributed by atoms with E-state index in [-0.39, 0.29) is 0 Å². The first kappa shape index (κ1) is 13.5. The molecule has 1 aliphatic rings. The summed E-state index contributed by atoms with van der Waals surface area (Å²) in [5.74, 6) is 7.39. The number of hydrazine groups is 1. The maximum absolute atomic E-state index is 5.75. The van der Waals surface area contributed by atoms with Gasteiger partial charge in [0.1, 0.15) is 0 Å². The van der Waals surface area contributed by atoms with Gasteiger partial charge in [0.15, 0.2) is 0 Å². The molecule has 1 saturated carbocycles. The van der Waals surface area contributed by atoms with Crippen molar-refractivity contribution in [2.75, 3.05) is 0 Å². The lowest BCUT2D eigenvalue weighted by atomic mass is 9.76. The van der Waals surface area contributed by atoms with Crippen LogP contribution >= 0.6 is 27.3 Å². The number of halogens is 1. The van der Waals surface area contributed by atoms with Gasteiger partial charge < -0.3 is 0 Å². The molecule has 1 heterocycles. The van der Waals surface area contributed by atoms with Crippen molar-refractivity contribution in [2.45, 2.75) is 45.1 Å². The Morgan fingerprint density at radius 2 is 2.18 bits per heavy atom. The minimum absolute atomic E-state index is 0.329. The van der Waals surface area contributed by atoms with Gasteiger partial charge in [0, 0.05) is 6.04 Å². The van der Waals surface area contributed by atoms with Crippen molar-refractivity contribution in [3.05, 3.63) is 20.8 Å². The van der Waals surface area contributed by atoms with Crippen LogP contribution in [0.2, 0.25) is 0 Å². The van der Waals surface area contributed by atoms with E-state index < -0.39 is 0 Å². The van der Waals surface area contributed by atoms with Crippen molar-refractivity contribution < 1.29 is 0 Å². The van der Waals surface area contributed by atoms with E-state index in [9.17, 15) is 0 Å². The first-order chi connectivity index (χ1) is 8.24. The van der Waals surface area contributed by atoms with Gasteiger partial charge in [0.05, 0.1) is 3.79 Å². The lowest BCUT2D eigenvalue weighted by Crippen LogP contribution is -2.35. The molecule has 2 nitrogen and oxygen atoms in total. The molecule has 0 bridgehead atoms. The molecule has 1 aliphatic carbocycles. The molecule has 0 aliphatic heterocycles. The van der Waals surface area contributed by atoms with Crippen LogP contribution in [0.3, 0.4) is 0 Å². The van der Waals surface area contributed by atoms with Crippen LogP contribution in [0.25, 0.3) is 0 Å². The molecule has 0 spiro atoms. The normalized spacial score (nSPS) is 27.0. The van der Waals surface area contributed by atoms with Crippen molar-refractivity contribution in [3.63, 3.8) is 0 Å². The van der Waals surface area contributed by atoms with Crippen molar-refractivity contribution in [1.29, 1.82) is 0 Å². The van der Waals surface area contributed by atoms with Gasteiger partial charge in [-0.15, -0.1) is 11.3 Å². The van der Waals surface area contributed by atoms with Crippen LogP contribution in [0.15, 0.2) is 15.2 Å². The molecule has 4 heteroatoms. The zero-order chi connectivity index (χ0) is 12.3. The number of hydrogen-bond donors (Lipinski definition) is 2. The van der Waals surface area contributed by atoms with Gasteiger partial charge in [0.2, 0.25) is 0 Å². The first-order valence-corrected chi connectivity index (χ1v) is 8.12. The van der Waals surface area contributed by atoms with Gasteiger partial charge in [-0.2, -0.15) is 0 Å². The minimum atomic E-state index is 0.329. The highest BCUT2D eigenvalue weighted by Crippen LogP contribution is 2.39. The van der Waals surface area contributed by atoms with Crippen molar-refractivity contribution in [2.24, 2.45) is 17.7 Å².